The molecular weight excluding hydrogens is 466 g/mol. The number of carbonyl (C=O) groups is 2. The summed E-state index contributed by atoms with van der Waals surface area (Å²) in [4.78, 5) is 25.8. The third kappa shape index (κ3) is 7.07. The number of rotatable bonds is 10. The molecule has 0 fully saturated rings. The first-order chi connectivity index (χ1) is 16.7. The van der Waals surface area contributed by atoms with E-state index in [1.54, 1.807) is 48.5 Å². The van der Waals surface area contributed by atoms with Gasteiger partial charge in [0.2, 0.25) is 15.9 Å². The van der Waals surface area contributed by atoms with Gasteiger partial charge in [0.25, 0.3) is 5.91 Å². The van der Waals surface area contributed by atoms with E-state index in [-0.39, 0.29) is 23.2 Å². The summed E-state index contributed by atoms with van der Waals surface area (Å²) < 4.78 is 31.2. The zero-order valence-electron chi connectivity index (χ0n) is 19.9. The average molecular weight is 496 g/mol. The standard InChI is InChI=1S/C26H29N3O5S/c1-4-34-22-16-14-21(15-17-22)29(35(3,32)33)18-25(30)28-24-13-9-8-12-23(24)26(31)27-19(2)20-10-6-5-7-11-20/h5-17,19H,4,18H2,1-3H3,(H,27,31)(H,28,30)/t19-/m1/s1. The van der Waals surface area contributed by atoms with Crippen LogP contribution in [0.1, 0.15) is 35.8 Å². The van der Waals surface area contributed by atoms with Gasteiger partial charge in [0.1, 0.15) is 12.3 Å². The molecule has 2 N–H and O–H groups in total. The summed E-state index contributed by atoms with van der Waals surface area (Å²) in [6.45, 7) is 3.74. The van der Waals surface area contributed by atoms with Crippen molar-refractivity contribution < 1.29 is 22.7 Å². The van der Waals surface area contributed by atoms with Crippen LogP contribution in [-0.4, -0.2) is 39.6 Å². The Kier molecular flexibility index (Phi) is 8.48. The molecule has 184 valence electrons. The van der Waals surface area contributed by atoms with Crippen molar-refractivity contribution >= 4 is 33.2 Å². The monoisotopic (exact) mass is 495 g/mol. The summed E-state index contributed by atoms with van der Waals surface area (Å²) in [6, 6.07) is 22.3. The predicted molar refractivity (Wildman–Crippen MR) is 137 cm³/mol. The maximum atomic E-state index is 12.9. The molecule has 0 saturated heterocycles. The van der Waals surface area contributed by atoms with Crippen LogP contribution in [0.15, 0.2) is 78.9 Å². The molecule has 9 heteroatoms. The molecule has 0 heterocycles. The van der Waals surface area contributed by atoms with E-state index in [4.69, 9.17) is 4.74 Å². The molecule has 1 atom stereocenters. The average Bonchev–Trinajstić information content (AvgIpc) is 2.83. The van der Waals surface area contributed by atoms with E-state index in [0.29, 0.717) is 18.0 Å². The molecule has 3 aromatic carbocycles. The number of benzene rings is 3. The van der Waals surface area contributed by atoms with Gasteiger partial charge in [-0.05, 0) is 55.8 Å². The highest BCUT2D eigenvalue weighted by Crippen LogP contribution is 2.23. The first kappa shape index (κ1) is 25.8. The van der Waals surface area contributed by atoms with E-state index in [9.17, 15) is 18.0 Å². The van der Waals surface area contributed by atoms with Crippen LogP contribution in [0.25, 0.3) is 0 Å². The maximum absolute atomic E-state index is 12.9. The minimum Gasteiger partial charge on any atom is -0.494 e. The molecule has 0 spiro atoms. The second-order valence-corrected chi connectivity index (χ2v) is 9.80. The number of hydrogen-bond acceptors (Lipinski definition) is 5. The number of amides is 2. The Morgan fingerprint density at radius 2 is 1.57 bits per heavy atom. The van der Waals surface area contributed by atoms with E-state index < -0.39 is 22.5 Å². The van der Waals surface area contributed by atoms with Crippen LogP contribution in [0.2, 0.25) is 0 Å². The summed E-state index contributed by atoms with van der Waals surface area (Å²) in [6.07, 6.45) is 1.03. The van der Waals surface area contributed by atoms with Crippen molar-refractivity contribution in [2.75, 3.05) is 29.0 Å². The molecule has 3 aromatic rings. The maximum Gasteiger partial charge on any atom is 0.253 e. The van der Waals surface area contributed by atoms with Gasteiger partial charge in [-0.15, -0.1) is 0 Å². The number of sulfonamides is 1. The van der Waals surface area contributed by atoms with Crippen molar-refractivity contribution in [1.82, 2.24) is 5.32 Å². The van der Waals surface area contributed by atoms with Crippen LogP contribution >= 0.6 is 0 Å². The molecule has 0 bridgehead atoms. The zero-order valence-corrected chi connectivity index (χ0v) is 20.7. The molecule has 0 saturated carbocycles. The largest absolute Gasteiger partial charge is 0.494 e. The summed E-state index contributed by atoms with van der Waals surface area (Å²) in [5, 5.41) is 5.60. The Hall–Kier alpha value is -3.85. The second kappa shape index (κ2) is 11.5. The lowest BCUT2D eigenvalue weighted by molar-refractivity contribution is -0.114. The van der Waals surface area contributed by atoms with Crippen molar-refractivity contribution in [3.05, 3.63) is 90.0 Å². The minimum absolute atomic E-state index is 0.243. The second-order valence-electron chi connectivity index (χ2n) is 7.90. The van der Waals surface area contributed by atoms with Crippen LogP contribution in [-0.2, 0) is 14.8 Å². The van der Waals surface area contributed by atoms with Gasteiger partial charge in [0, 0.05) is 0 Å². The molecule has 0 radical (unpaired) electrons. The topological polar surface area (TPSA) is 105 Å². The Balaban J connectivity index is 1.74. The number of hydrogen-bond donors (Lipinski definition) is 2. The van der Waals surface area contributed by atoms with Gasteiger partial charge in [-0.3, -0.25) is 13.9 Å². The van der Waals surface area contributed by atoms with Gasteiger partial charge in [-0.1, -0.05) is 42.5 Å². The zero-order chi connectivity index (χ0) is 25.4. The van der Waals surface area contributed by atoms with Crippen molar-refractivity contribution in [1.29, 1.82) is 0 Å². The van der Waals surface area contributed by atoms with Crippen molar-refractivity contribution in [3.8, 4) is 5.75 Å². The highest BCUT2D eigenvalue weighted by molar-refractivity contribution is 7.92. The molecular formula is C26H29N3O5S. The van der Waals surface area contributed by atoms with Gasteiger partial charge >= 0.3 is 0 Å². The van der Waals surface area contributed by atoms with Gasteiger partial charge in [0.15, 0.2) is 0 Å². The third-order valence-corrected chi connectivity index (χ3v) is 6.36. The van der Waals surface area contributed by atoms with E-state index in [0.717, 1.165) is 16.1 Å². The summed E-state index contributed by atoms with van der Waals surface area (Å²) in [5.74, 6) is -0.344. The summed E-state index contributed by atoms with van der Waals surface area (Å²) >= 11 is 0. The Morgan fingerprint density at radius 1 is 0.943 bits per heavy atom. The predicted octanol–water partition coefficient (Wildman–Crippen LogP) is 3.98. The Labute approximate surface area is 206 Å². The van der Waals surface area contributed by atoms with E-state index in [2.05, 4.69) is 10.6 Å². The minimum atomic E-state index is -3.75. The number of para-hydroxylation sites is 1. The fraction of sp³-hybridized carbons (Fsp3) is 0.231. The van der Waals surface area contributed by atoms with Crippen molar-refractivity contribution in [2.24, 2.45) is 0 Å². The van der Waals surface area contributed by atoms with Crippen LogP contribution in [0.4, 0.5) is 11.4 Å². The Morgan fingerprint density at radius 3 is 2.20 bits per heavy atom. The molecule has 0 aliphatic carbocycles. The highest BCUT2D eigenvalue weighted by atomic mass is 32.2. The molecule has 35 heavy (non-hydrogen) atoms. The van der Waals surface area contributed by atoms with E-state index in [1.165, 1.54) is 0 Å². The van der Waals surface area contributed by atoms with Crippen molar-refractivity contribution in [2.45, 2.75) is 19.9 Å². The van der Waals surface area contributed by atoms with Crippen molar-refractivity contribution in [3.63, 3.8) is 0 Å². The lowest BCUT2D eigenvalue weighted by atomic mass is 10.1. The lowest BCUT2D eigenvalue weighted by Crippen LogP contribution is -2.37. The fourth-order valence-electron chi connectivity index (χ4n) is 3.49. The van der Waals surface area contributed by atoms with Crippen LogP contribution in [0.5, 0.6) is 5.75 Å². The quantitative estimate of drug-likeness (QED) is 0.443. The number of nitrogens with one attached hydrogen (secondary N) is 2. The van der Waals surface area contributed by atoms with Crippen LogP contribution < -0.4 is 19.7 Å². The van der Waals surface area contributed by atoms with Crippen LogP contribution in [0.3, 0.4) is 0 Å². The van der Waals surface area contributed by atoms with E-state index >= 15 is 0 Å². The SMILES string of the molecule is CCOc1ccc(N(CC(=O)Nc2ccccc2C(=O)N[C@H](C)c2ccccc2)S(C)(=O)=O)cc1. The summed E-state index contributed by atoms with van der Waals surface area (Å²) in [7, 11) is -3.75. The fourth-order valence-corrected chi connectivity index (χ4v) is 4.34. The molecule has 2 amide bonds. The molecule has 0 aromatic heterocycles. The number of anilines is 2. The van der Waals surface area contributed by atoms with Gasteiger partial charge in [-0.2, -0.15) is 0 Å². The van der Waals surface area contributed by atoms with E-state index in [1.807, 2.05) is 44.2 Å². The highest BCUT2D eigenvalue weighted by Gasteiger charge is 2.22. The molecule has 0 aliphatic rings. The number of carbonyl (C=O) groups excluding carboxylic acids is 2. The van der Waals surface area contributed by atoms with Gasteiger partial charge in [0.05, 0.1) is 35.8 Å². The summed E-state index contributed by atoms with van der Waals surface area (Å²) in [5.41, 5.74) is 1.83. The Bertz CT molecular complexity index is 1260. The lowest BCUT2D eigenvalue weighted by Gasteiger charge is -2.22. The molecule has 0 unspecified atom stereocenters. The first-order valence-corrected chi connectivity index (χ1v) is 13.0. The number of nitrogens with zero attached hydrogens (tertiary/aromatic N) is 1. The first-order valence-electron chi connectivity index (χ1n) is 11.1. The third-order valence-electron chi connectivity index (χ3n) is 5.22. The molecule has 0 aliphatic heterocycles. The molecule has 3 rings (SSSR count). The van der Waals surface area contributed by atoms with Gasteiger partial charge < -0.3 is 15.4 Å². The van der Waals surface area contributed by atoms with Gasteiger partial charge in [-0.25, -0.2) is 8.42 Å². The normalized spacial score (nSPS) is 11.9. The van der Waals surface area contributed by atoms with Crippen LogP contribution in [0, 0.1) is 0 Å². The number of ether oxygens (including phenoxy) is 1. The smallest absolute Gasteiger partial charge is 0.253 e. The molecule has 8 nitrogen and oxygen atoms in total.